The first-order chi connectivity index (χ1) is 19.0. The van der Waals surface area contributed by atoms with E-state index in [1.54, 1.807) is 0 Å². The fourth-order valence-corrected chi connectivity index (χ4v) is 4.98. The van der Waals surface area contributed by atoms with Crippen LogP contribution in [0, 0.1) is 6.92 Å². The van der Waals surface area contributed by atoms with Gasteiger partial charge in [0.2, 0.25) is 0 Å². The van der Waals surface area contributed by atoms with Crippen molar-refractivity contribution in [1.29, 1.82) is 0 Å². The molecule has 9 heteroatoms. The van der Waals surface area contributed by atoms with Crippen molar-refractivity contribution in [2.75, 3.05) is 36.4 Å². The van der Waals surface area contributed by atoms with Gasteiger partial charge in [-0.25, -0.2) is 19.4 Å². The molecule has 8 nitrogen and oxygen atoms in total. The van der Waals surface area contributed by atoms with Gasteiger partial charge in [0.25, 0.3) is 0 Å². The minimum Gasteiger partial charge on any atom is -0.352 e. The maximum atomic E-state index is 12.9. The Hall–Kier alpha value is -4.43. The Morgan fingerprint density at radius 3 is 2.44 bits per heavy atom. The molecule has 1 fully saturated rings. The summed E-state index contributed by atoms with van der Waals surface area (Å²) in [5.41, 5.74) is 4.65. The largest absolute Gasteiger partial charge is 0.352 e. The van der Waals surface area contributed by atoms with Crippen LogP contribution >= 0.6 is 11.6 Å². The molecule has 0 atom stereocenters. The van der Waals surface area contributed by atoms with Gasteiger partial charge in [-0.3, -0.25) is 0 Å². The number of halogens is 1. The lowest BCUT2D eigenvalue weighted by molar-refractivity contribution is 0.208. The van der Waals surface area contributed by atoms with E-state index in [-0.39, 0.29) is 6.03 Å². The van der Waals surface area contributed by atoms with Gasteiger partial charge in [0, 0.05) is 43.3 Å². The molecule has 1 saturated heterocycles. The second kappa shape index (κ2) is 10.7. The van der Waals surface area contributed by atoms with Crippen LogP contribution in [-0.2, 0) is 6.42 Å². The van der Waals surface area contributed by atoms with E-state index in [4.69, 9.17) is 21.6 Å². The predicted octanol–water partition coefficient (Wildman–Crippen LogP) is 5.72. The molecule has 3 heterocycles. The summed E-state index contributed by atoms with van der Waals surface area (Å²) in [6.07, 6.45) is 2.41. The normalized spacial score (nSPS) is 13.6. The van der Waals surface area contributed by atoms with Crippen LogP contribution in [0.5, 0.6) is 0 Å². The van der Waals surface area contributed by atoms with E-state index in [0.717, 1.165) is 39.4 Å². The number of piperazine rings is 1. The van der Waals surface area contributed by atoms with Crippen molar-refractivity contribution in [3.63, 3.8) is 0 Å². The zero-order valence-corrected chi connectivity index (χ0v) is 22.3. The van der Waals surface area contributed by atoms with Crippen LogP contribution < -0.4 is 10.2 Å². The standard InChI is InChI=1S/C30H28ClN7O/c1-21-10-12-24(13-11-21)33-30(39)37-16-14-36(15-17-37)28-26-20-32-38(25-9-5-8-23(31)19-25)29(26)35-27(34-28)18-22-6-3-2-4-7-22/h2-13,19-20H,14-18H2,1H3,(H,33,39). The average Bonchev–Trinajstić information content (AvgIpc) is 3.38. The summed E-state index contributed by atoms with van der Waals surface area (Å²) in [6, 6.07) is 25.5. The zero-order valence-electron chi connectivity index (χ0n) is 21.6. The molecular formula is C30H28ClN7O. The highest BCUT2D eigenvalue weighted by Gasteiger charge is 2.25. The van der Waals surface area contributed by atoms with Crippen LogP contribution in [0.25, 0.3) is 16.7 Å². The molecule has 0 radical (unpaired) electrons. The molecular weight excluding hydrogens is 510 g/mol. The summed E-state index contributed by atoms with van der Waals surface area (Å²) in [6.45, 7) is 4.50. The van der Waals surface area contributed by atoms with Gasteiger partial charge in [-0.1, -0.05) is 65.7 Å². The van der Waals surface area contributed by atoms with Gasteiger partial charge in [-0.2, -0.15) is 5.10 Å². The number of carbonyl (C=O) groups excluding carboxylic acids is 1. The fraction of sp³-hybridized carbons (Fsp3) is 0.200. The number of benzene rings is 3. The lowest BCUT2D eigenvalue weighted by Gasteiger charge is -2.35. The summed E-state index contributed by atoms with van der Waals surface area (Å²) in [7, 11) is 0. The number of aryl methyl sites for hydroxylation is 1. The zero-order chi connectivity index (χ0) is 26.8. The number of anilines is 2. The Bertz CT molecular complexity index is 1610. The Kier molecular flexibility index (Phi) is 6.85. The molecule has 39 heavy (non-hydrogen) atoms. The van der Waals surface area contributed by atoms with E-state index >= 15 is 0 Å². The number of hydrogen-bond donors (Lipinski definition) is 1. The lowest BCUT2D eigenvalue weighted by Crippen LogP contribution is -2.50. The summed E-state index contributed by atoms with van der Waals surface area (Å²) in [5.74, 6) is 1.55. The molecule has 2 aromatic heterocycles. The van der Waals surface area contributed by atoms with E-state index in [2.05, 4.69) is 27.4 Å². The third-order valence-corrected chi connectivity index (χ3v) is 7.12. The van der Waals surface area contributed by atoms with Crippen LogP contribution in [0.4, 0.5) is 16.3 Å². The van der Waals surface area contributed by atoms with E-state index in [0.29, 0.717) is 43.4 Å². The van der Waals surface area contributed by atoms with Crippen LogP contribution in [0.15, 0.2) is 85.1 Å². The van der Waals surface area contributed by atoms with Crippen LogP contribution in [0.3, 0.4) is 0 Å². The van der Waals surface area contributed by atoms with Gasteiger partial charge in [-0.15, -0.1) is 0 Å². The second-order valence-corrected chi connectivity index (χ2v) is 10.1. The molecule has 0 bridgehead atoms. The van der Waals surface area contributed by atoms with Gasteiger partial charge < -0.3 is 15.1 Å². The molecule has 0 spiro atoms. The topological polar surface area (TPSA) is 79.2 Å². The maximum Gasteiger partial charge on any atom is 0.321 e. The number of aromatic nitrogens is 4. The van der Waals surface area contributed by atoms with E-state index in [1.165, 1.54) is 0 Å². The van der Waals surface area contributed by atoms with Gasteiger partial charge in [0.05, 0.1) is 17.3 Å². The maximum absolute atomic E-state index is 12.9. The first kappa shape index (κ1) is 24.9. The molecule has 1 N–H and O–H groups in total. The van der Waals surface area contributed by atoms with Crippen molar-refractivity contribution in [3.8, 4) is 5.69 Å². The smallest absolute Gasteiger partial charge is 0.321 e. The van der Waals surface area contributed by atoms with E-state index in [1.807, 2.05) is 89.4 Å². The van der Waals surface area contributed by atoms with Crippen LogP contribution in [0.2, 0.25) is 5.02 Å². The van der Waals surface area contributed by atoms with Crippen molar-refractivity contribution in [1.82, 2.24) is 24.6 Å². The number of nitrogens with one attached hydrogen (secondary N) is 1. The molecule has 0 aliphatic carbocycles. The molecule has 3 aromatic carbocycles. The number of nitrogens with zero attached hydrogens (tertiary/aromatic N) is 6. The van der Waals surface area contributed by atoms with E-state index < -0.39 is 0 Å². The molecule has 0 unspecified atom stereocenters. The monoisotopic (exact) mass is 537 g/mol. The highest BCUT2D eigenvalue weighted by Crippen LogP contribution is 2.28. The van der Waals surface area contributed by atoms with Crippen molar-refractivity contribution in [2.45, 2.75) is 13.3 Å². The van der Waals surface area contributed by atoms with E-state index in [9.17, 15) is 4.79 Å². The van der Waals surface area contributed by atoms with Gasteiger partial charge in [0.1, 0.15) is 11.6 Å². The van der Waals surface area contributed by atoms with Gasteiger partial charge in [0.15, 0.2) is 5.65 Å². The first-order valence-electron chi connectivity index (χ1n) is 13.0. The quantitative estimate of drug-likeness (QED) is 0.310. The molecule has 1 aliphatic rings. The fourth-order valence-electron chi connectivity index (χ4n) is 4.79. The lowest BCUT2D eigenvalue weighted by atomic mass is 10.1. The van der Waals surface area contributed by atoms with Crippen LogP contribution in [-0.4, -0.2) is 56.9 Å². The Morgan fingerprint density at radius 2 is 1.69 bits per heavy atom. The predicted molar refractivity (Wildman–Crippen MR) is 155 cm³/mol. The minimum absolute atomic E-state index is 0.0927. The number of rotatable bonds is 5. The Balaban J connectivity index is 1.28. The SMILES string of the molecule is Cc1ccc(NC(=O)N2CCN(c3nc(Cc4ccccc4)nc4c3cnn4-c3cccc(Cl)c3)CC2)cc1. The summed E-state index contributed by atoms with van der Waals surface area (Å²) >= 11 is 6.28. The van der Waals surface area contributed by atoms with Crippen molar-refractivity contribution >= 4 is 40.2 Å². The van der Waals surface area contributed by atoms with Crippen molar-refractivity contribution < 1.29 is 4.79 Å². The summed E-state index contributed by atoms with van der Waals surface area (Å²) in [5, 5.41) is 9.16. The first-order valence-corrected chi connectivity index (χ1v) is 13.3. The summed E-state index contributed by atoms with van der Waals surface area (Å²) < 4.78 is 1.81. The number of urea groups is 1. The number of amides is 2. The third kappa shape index (κ3) is 5.42. The van der Waals surface area contributed by atoms with Gasteiger partial charge in [-0.05, 0) is 42.8 Å². The number of fused-ring (bicyclic) bond motifs is 1. The molecule has 196 valence electrons. The molecule has 1 aliphatic heterocycles. The van der Waals surface area contributed by atoms with Crippen molar-refractivity contribution in [3.05, 3.63) is 107 Å². The molecule has 6 rings (SSSR count). The second-order valence-electron chi connectivity index (χ2n) is 9.67. The average molecular weight is 538 g/mol. The Morgan fingerprint density at radius 1 is 0.923 bits per heavy atom. The minimum atomic E-state index is -0.0927. The molecule has 5 aromatic rings. The highest BCUT2D eigenvalue weighted by molar-refractivity contribution is 6.30. The Labute approximate surface area is 231 Å². The van der Waals surface area contributed by atoms with Crippen molar-refractivity contribution in [2.24, 2.45) is 0 Å². The third-order valence-electron chi connectivity index (χ3n) is 6.88. The molecule has 2 amide bonds. The van der Waals surface area contributed by atoms with Crippen LogP contribution in [0.1, 0.15) is 17.0 Å². The molecule has 0 saturated carbocycles. The number of carbonyl (C=O) groups is 1. The number of hydrogen-bond acceptors (Lipinski definition) is 5. The van der Waals surface area contributed by atoms with Gasteiger partial charge >= 0.3 is 6.03 Å². The highest BCUT2D eigenvalue weighted by atomic mass is 35.5. The summed E-state index contributed by atoms with van der Waals surface area (Å²) in [4.78, 5) is 26.9.